The number of hydrogen-bond acceptors (Lipinski definition) is 2. The average molecular weight is 261 g/mol. The summed E-state index contributed by atoms with van der Waals surface area (Å²) in [5, 5.41) is 7.55. The minimum absolute atomic E-state index is 0.177. The molecule has 0 amide bonds. The summed E-state index contributed by atoms with van der Waals surface area (Å²) >= 11 is 0. The van der Waals surface area contributed by atoms with Crippen LogP contribution >= 0.6 is 0 Å². The lowest BCUT2D eigenvalue weighted by Gasteiger charge is -2.24. The van der Waals surface area contributed by atoms with Crippen molar-refractivity contribution in [2.75, 3.05) is 13.6 Å². The zero-order valence-corrected chi connectivity index (χ0v) is 12.7. The van der Waals surface area contributed by atoms with Crippen LogP contribution < -0.4 is 5.73 Å². The van der Waals surface area contributed by atoms with Crippen LogP contribution in [-0.4, -0.2) is 24.3 Å². The number of benzene rings is 1. The monoisotopic (exact) mass is 261 g/mol. The summed E-state index contributed by atoms with van der Waals surface area (Å²) in [5.41, 5.74) is 8.15. The first-order chi connectivity index (χ1) is 8.83. The van der Waals surface area contributed by atoms with E-state index in [1.807, 2.05) is 13.8 Å². The summed E-state index contributed by atoms with van der Waals surface area (Å²) in [6.07, 6.45) is 2.02. The SMILES string of the molecule is Cc1ccccc1CN(C)CCCC(C)(C)C(=N)N. The summed E-state index contributed by atoms with van der Waals surface area (Å²) in [4.78, 5) is 2.33. The third-order valence-electron chi connectivity index (χ3n) is 3.77. The highest BCUT2D eigenvalue weighted by Crippen LogP contribution is 2.22. The van der Waals surface area contributed by atoms with Crippen LogP contribution in [0.25, 0.3) is 0 Å². The van der Waals surface area contributed by atoms with Crippen LogP contribution in [-0.2, 0) is 6.54 Å². The van der Waals surface area contributed by atoms with Crippen molar-refractivity contribution >= 4 is 5.84 Å². The lowest BCUT2D eigenvalue weighted by Crippen LogP contribution is -2.31. The molecule has 3 heteroatoms. The molecule has 3 nitrogen and oxygen atoms in total. The van der Waals surface area contributed by atoms with Crippen molar-refractivity contribution in [3.63, 3.8) is 0 Å². The maximum absolute atomic E-state index is 7.55. The van der Waals surface area contributed by atoms with Crippen molar-refractivity contribution in [3.8, 4) is 0 Å². The molecular formula is C16H27N3. The fraction of sp³-hybridized carbons (Fsp3) is 0.562. The first-order valence-electron chi connectivity index (χ1n) is 6.90. The van der Waals surface area contributed by atoms with E-state index in [0.29, 0.717) is 0 Å². The van der Waals surface area contributed by atoms with E-state index in [2.05, 4.69) is 43.1 Å². The number of aryl methyl sites for hydroxylation is 1. The van der Waals surface area contributed by atoms with Gasteiger partial charge in [0.2, 0.25) is 0 Å². The Morgan fingerprint density at radius 1 is 1.32 bits per heavy atom. The molecule has 1 rings (SSSR count). The van der Waals surface area contributed by atoms with Crippen molar-refractivity contribution in [3.05, 3.63) is 35.4 Å². The summed E-state index contributed by atoms with van der Waals surface area (Å²) in [6.45, 7) is 8.24. The van der Waals surface area contributed by atoms with Crippen molar-refractivity contribution in [1.29, 1.82) is 5.41 Å². The van der Waals surface area contributed by atoms with E-state index in [4.69, 9.17) is 11.1 Å². The number of rotatable bonds is 7. The van der Waals surface area contributed by atoms with Gasteiger partial charge in [0.05, 0.1) is 5.84 Å². The van der Waals surface area contributed by atoms with Crippen LogP contribution in [0.2, 0.25) is 0 Å². The Bertz CT molecular complexity index is 424. The van der Waals surface area contributed by atoms with E-state index >= 15 is 0 Å². The minimum Gasteiger partial charge on any atom is -0.387 e. The van der Waals surface area contributed by atoms with Gasteiger partial charge in [0.1, 0.15) is 0 Å². The molecule has 0 unspecified atom stereocenters. The standard InChI is InChI=1S/C16H27N3/c1-13-8-5-6-9-14(13)12-19(4)11-7-10-16(2,3)15(17)18/h5-6,8-9H,7,10-12H2,1-4H3,(H3,17,18). The molecule has 0 aliphatic carbocycles. The van der Waals surface area contributed by atoms with Gasteiger partial charge in [0, 0.05) is 12.0 Å². The van der Waals surface area contributed by atoms with Crippen LogP contribution in [0, 0.1) is 17.7 Å². The van der Waals surface area contributed by atoms with Gasteiger partial charge >= 0.3 is 0 Å². The molecule has 1 aromatic carbocycles. The Morgan fingerprint density at radius 2 is 1.95 bits per heavy atom. The molecule has 0 saturated carbocycles. The van der Waals surface area contributed by atoms with E-state index < -0.39 is 0 Å². The third kappa shape index (κ3) is 5.03. The normalized spacial score (nSPS) is 11.8. The predicted molar refractivity (Wildman–Crippen MR) is 82.4 cm³/mol. The van der Waals surface area contributed by atoms with Crippen molar-refractivity contribution < 1.29 is 0 Å². The molecule has 0 atom stereocenters. The highest BCUT2D eigenvalue weighted by Gasteiger charge is 2.20. The fourth-order valence-corrected chi connectivity index (χ4v) is 2.08. The van der Waals surface area contributed by atoms with Crippen molar-refractivity contribution in [2.24, 2.45) is 11.1 Å². The molecular weight excluding hydrogens is 234 g/mol. The van der Waals surface area contributed by atoms with Gasteiger partial charge in [-0.2, -0.15) is 0 Å². The number of nitrogens with zero attached hydrogens (tertiary/aromatic N) is 1. The van der Waals surface area contributed by atoms with Crippen LogP contribution in [0.3, 0.4) is 0 Å². The Kier molecular flexibility index (Phi) is 5.55. The molecule has 106 valence electrons. The molecule has 0 aliphatic rings. The average Bonchev–Trinajstić information content (AvgIpc) is 2.31. The number of hydrogen-bond donors (Lipinski definition) is 2. The molecule has 0 saturated heterocycles. The summed E-state index contributed by atoms with van der Waals surface area (Å²) < 4.78 is 0. The first kappa shape index (κ1) is 15.7. The van der Waals surface area contributed by atoms with Gasteiger partial charge in [0.25, 0.3) is 0 Å². The molecule has 0 spiro atoms. The lowest BCUT2D eigenvalue weighted by atomic mass is 9.86. The molecule has 0 fully saturated rings. The molecule has 1 aromatic rings. The number of amidine groups is 1. The van der Waals surface area contributed by atoms with Crippen molar-refractivity contribution in [1.82, 2.24) is 4.90 Å². The largest absolute Gasteiger partial charge is 0.387 e. The molecule has 0 heterocycles. The second-order valence-corrected chi connectivity index (χ2v) is 6.07. The second kappa shape index (κ2) is 6.71. The highest BCUT2D eigenvalue weighted by atomic mass is 15.1. The molecule has 0 aromatic heterocycles. The summed E-state index contributed by atoms with van der Waals surface area (Å²) in [7, 11) is 2.15. The van der Waals surface area contributed by atoms with Crippen LogP contribution in [0.4, 0.5) is 0 Å². The maximum Gasteiger partial charge on any atom is 0.0963 e. The van der Waals surface area contributed by atoms with Gasteiger partial charge in [-0.05, 0) is 44.5 Å². The maximum atomic E-state index is 7.55. The minimum atomic E-state index is -0.177. The fourth-order valence-electron chi connectivity index (χ4n) is 2.08. The zero-order valence-electron chi connectivity index (χ0n) is 12.7. The van der Waals surface area contributed by atoms with E-state index in [0.717, 1.165) is 25.9 Å². The van der Waals surface area contributed by atoms with E-state index in [9.17, 15) is 0 Å². The molecule has 19 heavy (non-hydrogen) atoms. The van der Waals surface area contributed by atoms with Gasteiger partial charge in [-0.15, -0.1) is 0 Å². The van der Waals surface area contributed by atoms with Crippen LogP contribution in [0.1, 0.15) is 37.8 Å². The Hall–Kier alpha value is -1.35. The Balaban J connectivity index is 2.39. The Morgan fingerprint density at radius 3 is 2.53 bits per heavy atom. The van der Waals surface area contributed by atoms with Crippen LogP contribution in [0.15, 0.2) is 24.3 Å². The smallest absolute Gasteiger partial charge is 0.0963 e. The summed E-state index contributed by atoms with van der Waals surface area (Å²) in [6, 6.07) is 8.51. The van der Waals surface area contributed by atoms with E-state index in [1.165, 1.54) is 11.1 Å². The summed E-state index contributed by atoms with van der Waals surface area (Å²) in [5.74, 6) is 0.286. The topological polar surface area (TPSA) is 53.1 Å². The van der Waals surface area contributed by atoms with Crippen LogP contribution in [0.5, 0.6) is 0 Å². The highest BCUT2D eigenvalue weighted by molar-refractivity contribution is 5.82. The number of nitrogens with one attached hydrogen (secondary N) is 1. The number of nitrogens with two attached hydrogens (primary N) is 1. The Labute approximate surface area is 117 Å². The van der Waals surface area contributed by atoms with Gasteiger partial charge in [-0.25, -0.2) is 0 Å². The predicted octanol–water partition coefficient (Wildman–Crippen LogP) is 3.17. The molecule has 3 N–H and O–H groups in total. The van der Waals surface area contributed by atoms with Gasteiger partial charge < -0.3 is 10.6 Å². The molecule has 0 radical (unpaired) electrons. The quantitative estimate of drug-likeness (QED) is 0.585. The van der Waals surface area contributed by atoms with Gasteiger partial charge in [0.15, 0.2) is 0 Å². The third-order valence-corrected chi connectivity index (χ3v) is 3.77. The van der Waals surface area contributed by atoms with E-state index in [1.54, 1.807) is 0 Å². The van der Waals surface area contributed by atoms with E-state index in [-0.39, 0.29) is 11.3 Å². The van der Waals surface area contributed by atoms with Gasteiger partial charge in [-0.3, -0.25) is 5.41 Å². The molecule has 0 aliphatic heterocycles. The zero-order chi connectivity index (χ0) is 14.5. The lowest BCUT2D eigenvalue weighted by molar-refractivity contribution is 0.300. The second-order valence-electron chi connectivity index (χ2n) is 6.07. The first-order valence-corrected chi connectivity index (χ1v) is 6.90. The van der Waals surface area contributed by atoms with Crippen molar-refractivity contribution in [2.45, 2.75) is 40.2 Å². The van der Waals surface area contributed by atoms with Gasteiger partial charge in [-0.1, -0.05) is 38.1 Å². The molecule has 0 bridgehead atoms.